The molecule has 1 aromatic carbocycles. The number of nitrogens with one attached hydrogen (secondary N) is 1. The monoisotopic (exact) mass is 297 g/mol. The third-order valence-corrected chi connectivity index (χ3v) is 3.95. The molecule has 114 valence electrons. The highest BCUT2D eigenvalue weighted by Crippen LogP contribution is 2.27. The van der Waals surface area contributed by atoms with Gasteiger partial charge in [0.2, 0.25) is 0 Å². The Morgan fingerprint density at radius 1 is 1.23 bits per heavy atom. The van der Waals surface area contributed by atoms with E-state index in [0.717, 1.165) is 19.3 Å². The van der Waals surface area contributed by atoms with E-state index >= 15 is 0 Å². The van der Waals surface area contributed by atoms with E-state index in [1.165, 1.54) is 0 Å². The third-order valence-electron chi connectivity index (χ3n) is 3.95. The standard InChI is InChI=1S/C17H19N3O2/c1-13(22-15-7-5-14(11-18)6-8-15)16(21)20-17(12-19)9-3-2-4-10-17/h5-8,13H,2-4,9-10H2,1H3,(H,20,21)/t13-/m1/s1. The first-order chi connectivity index (χ1) is 10.6. The summed E-state index contributed by atoms with van der Waals surface area (Å²) in [5, 5.41) is 21.0. The molecule has 0 aliphatic heterocycles. The Hall–Kier alpha value is -2.53. The van der Waals surface area contributed by atoms with Gasteiger partial charge in [-0.3, -0.25) is 4.79 Å². The van der Waals surface area contributed by atoms with Crippen molar-refractivity contribution >= 4 is 5.91 Å². The zero-order valence-electron chi connectivity index (χ0n) is 12.6. The summed E-state index contributed by atoms with van der Waals surface area (Å²) in [6.45, 7) is 1.65. The number of ether oxygens (including phenoxy) is 1. The van der Waals surface area contributed by atoms with E-state index in [9.17, 15) is 10.1 Å². The number of hydrogen-bond acceptors (Lipinski definition) is 4. The lowest BCUT2D eigenvalue weighted by Crippen LogP contribution is -2.52. The summed E-state index contributed by atoms with van der Waals surface area (Å²) in [4.78, 5) is 12.3. The second-order valence-corrected chi connectivity index (χ2v) is 5.64. The van der Waals surface area contributed by atoms with E-state index in [-0.39, 0.29) is 5.91 Å². The summed E-state index contributed by atoms with van der Waals surface area (Å²) in [6, 6.07) is 10.9. The fourth-order valence-electron chi connectivity index (χ4n) is 2.62. The molecule has 1 aromatic rings. The Morgan fingerprint density at radius 2 is 1.86 bits per heavy atom. The fourth-order valence-corrected chi connectivity index (χ4v) is 2.62. The van der Waals surface area contributed by atoms with Crippen LogP contribution >= 0.6 is 0 Å². The van der Waals surface area contributed by atoms with Gasteiger partial charge in [-0.1, -0.05) is 19.3 Å². The summed E-state index contributed by atoms with van der Waals surface area (Å²) >= 11 is 0. The van der Waals surface area contributed by atoms with Crippen molar-refractivity contribution in [3.05, 3.63) is 29.8 Å². The Labute approximate surface area is 130 Å². The van der Waals surface area contributed by atoms with E-state index in [2.05, 4.69) is 11.4 Å². The number of amides is 1. The molecular weight excluding hydrogens is 278 g/mol. The molecule has 0 heterocycles. The molecule has 1 amide bonds. The van der Waals surface area contributed by atoms with Crippen LogP contribution in [0.1, 0.15) is 44.6 Å². The van der Waals surface area contributed by atoms with Crippen molar-refractivity contribution < 1.29 is 9.53 Å². The molecule has 0 spiro atoms. The van der Waals surface area contributed by atoms with E-state index in [1.54, 1.807) is 31.2 Å². The van der Waals surface area contributed by atoms with Crippen LogP contribution in [-0.2, 0) is 4.79 Å². The van der Waals surface area contributed by atoms with Gasteiger partial charge < -0.3 is 10.1 Å². The molecule has 22 heavy (non-hydrogen) atoms. The minimum absolute atomic E-state index is 0.284. The maximum Gasteiger partial charge on any atom is 0.262 e. The highest BCUT2D eigenvalue weighted by atomic mass is 16.5. The number of carbonyl (C=O) groups is 1. The maximum absolute atomic E-state index is 12.3. The van der Waals surface area contributed by atoms with Crippen molar-refractivity contribution in [1.29, 1.82) is 10.5 Å². The SMILES string of the molecule is C[C@@H](Oc1ccc(C#N)cc1)C(=O)NC1(C#N)CCCCC1. The van der Waals surface area contributed by atoms with E-state index in [4.69, 9.17) is 10.00 Å². The average Bonchev–Trinajstić information content (AvgIpc) is 2.56. The molecule has 0 saturated heterocycles. The van der Waals surface area contributed by atoms with Crippen LogP contribution < -0.4 is 10.1 Å². The first-order valence-corrected chi connectivity index (χ1v) is 7.49. The highest BCUT2D eigenvalue weighted by Gasteiger charge is 2.35. The lowest BCUT2D eigenvalue weighted by Gasteiger charge is -2.32. The molecule has 0 bridgehead atoms. The maximum atomic E-state index is 12.3. The van der Waals surface area contributed by atoms with Gasteiger partial charge in [-0.2, -0.15) is 10.5 Å². The van der Waals surface area contributed by atoms with Crippen LogP contribution in [0.25, 0.3) is 0 Å². The van der Waals surface area contributed by atoms with Crippen molar-refractivity contribution in [3.63, 3.8) is 0 Å². The first kappa shape index (κ1) is 15.9. The van der Waals surface area contributed by atoms with Crippen molar-refractivity contribution in [2.45, 2.75) is 50.7 Å². The Kier molecular flexibility index (Phi) is 5.01. The van der Waals surface area contributed by atoms with Crippen LogP contribution in [0.15, 0.2) is 24.3 Å². The summed E-state index contributed by atoms with van der Waals surface area (Å²) in [5.41, 5.74) is -0.215. The Balaban J connectivity index is 1.96. The Morgan fingerprint density at radius 3 is 2.41 bits per heavy atom. The second-order valence-electron chi connectivity index (χ2n) is 5.64. The number of carbonyl (C=O) groups excluding carboxylic acids is 1. The molecule has 1 fully saturated rings. The first-order valence-electron chi connectivity index (χ1n) is 7.49. The molecule has 1 N–H and O–H groups in total. The van der Waals surface area contributed by atoms with Gasteiger partial charge in [-0.15, -0.1) is 0 Å². The van der Waals surface area contributed by atoms with Gasteiger partial charge in [0, 0.05) is 0 Å². The zero-order valence-corrected chi connectivity index (χ0v) is 12.6. The number of hydrogen-bond donors (Lipinski definition) is 1. The molecule has 2 rings (SSSR count). The lowest BCUT2D eigenvalue weighted by atomic mass is 9.83. The largest absolute Gasteiger partial charge is 0.481 e. The molecule has 1 aliphatic rings. The zero-order chi connectivity index (χ0) is 16.0. The van der Waals surface area contributed by atoms with Crippen molar-refractivity contribution in [1.82, 2.24) is 5.32 Å². The summed E-state index contributed by atoms with van der Waals surface area (Å²) < 4.78 is 5.58. The molecule has 1 aliphatic carbocycles. The van der Waals surface area contributed by atoms with Gasteiger partial charge in [0.25, 0.3) is 5.91 Å². The average molecular weight is 297 g/mol. The topological polar surface area (TPSA) is 85.9 Å². The van der Waals surface area contributed by atoms with Gasteiger partial charge in [0.05, 0.1) is 17.7 Å². The minimum Gasteiger partial charge on any atom is -0.481 e. The summed E-state index contributed by atoms with van der Waals surface area (Å²) in [5.74, 6) is 0.240. The molecule has 5 nitrogen and oxygen atoms in total. The predicted molar refractivity (Wildman–Crippen MR) is 80.8 cm³/mol. The van der Waals surface area contributed by atoms with Gasteiger partial charge in [0.1, 0.15) is 11.3 Å². The van der Waals surface area contributed by atoms with E-state index in [1.807, 2.05) is 6.07 Å². The number of benzene rings is 1. The molecule has 1 saturated carbocycles. The van der Waals surface area contributed by atoms with Crippen molar-refractivity contribution in [2.75, 3.05) is 0 Å². The van der Waals surface area contributed by atoms with Crippen LogP contribution in [0.5, 0.6) is 5.75 Å². The fraction of sp³-hybridized carbons (Fsp3) is 0.471. The highest BCUT2D eigenvalue weighted by molar-refractivity contribution is 5.82. The van der Waals surface area contributed by atoms with Crippen LogP contribution in [0.3, 0.4) is 0 Å². The predicted octanol–water partition coefficient (Wildman–Crippen LogP) is 2.67. The summed E-state index contributed by atoms with van der Waals surface area (Å²) in [7, 11) is 0. The van der Waals surface area contributed by atoms with Crippen molar-refractivity contribution in [2.24, 2.45) is 0 Å². The number of nitrogens with zero attached hydrogens (tertiary/aromatic N) is 2. The van der Waals surface area contributed by atoms with Crippen LogP contribution in [0.2, 0.25) is 0 Å². The van der Waals surface area contributed by atoms with Crippen molar-refractivity contribution in [3.8, 4) is 17.9 Å². The van der Waals surface area contributed by atoms with Gasteiger partial charge in [0.15, 0.2) is 6.10 Å². The quantitative estimate of drug-likeness (QED) is 0.925. The smallest absolute Gasteiger partial charge is 0.262 e. The van der Waals surface area contributed by atoms with Gasteiger partial charge >= 0.3 is 0 Å². The van der Waals surface area contributed by atoms with Crippen LogP contribution in [-0.4, -0.2) is 17.6 Å². The van der Waals surface area contributed by atoms with E-state index < -0.39 is 11.6 Å². The molecule has 0 aromatic heterocycles. The summed E-state index contributed by atoms with van der Waals surface area (Å²) in [6.07, 6.45) is 3.71. The van der Waals surface area contributed by atoms with Gasteiger partial charge in [-0.25, -0.2) is 0 Å². The molecule has 5 heteroatoms. The number of nitriles is 2. The van der Waals surface area contributed by atoms with Crippen LogP contribution in [0.4, 0.5) is 0 Å². The second kappa shape index (κ2) is 6.95. The molecule has 1 atom stereocenters. The van der Waals surface area contributed by atoms with Crippen LogP contribution in [0, 0.1) is 22.7 Å². The van der Waals surface area contributed by atoms with Gasteiger partial charge in [-0.05, 0) is 44.0 Å². The number of rotatable bonds is 4. The molecule has 0 radical (unpaired) electrons. The molecular formula is C17H19N3O2. The van der Waals surface area contributed by atoms with E-state index in [0.29, 0.717) is 24.2 Å². The normalized spacial score (nSPS) is 17.6. The third kappa shape index (κ3) is 3.77. The Bertz CT molecular complexity index is 604. The molecule has 0 unspecified atom stereocenters. The minimum atomic E-state index is -0.752. The lowest BCUT2D eigenvalue weighted by molar-refractivity contribution is -0.129.